The molecule has 0 bridgehead atoms. The molecule has 0 amide bonds. The fourth-order valence-electron chi connectivity index (χ4n) is 6.30. The first kappa shape index (κ1) is 24.2. The number of hydrogen-bond acceptors (Lipinski definition) is 4. The summed E-state index contributed by atoms with van der Waals surface area (Å²) in [6.45, 7) is 0. The lowest BCUT2D eigenvalue weighted by atomic mass is 10.0. The number of rotatable bonds is 4. The van der Waals surface area contributed by atoms with Crippen LogP contribution in [0.25, 0.3) is 64.1 Å². The van der Waals surface area contributed by atoms with Gasteiger partial charge in [0.25, 0.3) is 0 Å². The third-order valence-corrected chi connectivity index (χ3v) is 9.45. The van der Waals surface area contributed by atoms with Gasteiger partial charge in [0.15, 0.2) is 5.58 Å². The standard InChI is InChI=1S/C39H24N2OS/c1-2-8-25(9-3-1)26-14-17-28(18-15-26)41(29-19-20-32-31-12-6-7-13-35(31)43-36(32)24-29)33-22-23-40-38-37-30-11-5-4-10-27(30)16-21-34(37)42-39(33)38/h1-24H. The third-order valence-electron chi connectivity index (χ3n) is 8.32. The predicted octanol–water partition coefficient (Wildman–Crippen LogP) is 11.6. The molecule has 0 unspecified atom stereocenters. The molecule has 0 atom stereocenters. The zero-order valence-corrected chi connectivity index (χ0v) is 23.9. The monoisotopic (exact) mass is 568 g/mol. The Labute approximate surface area is 251 Å². The van der Waals surface area contributed by atoms with Crippen LogP contribution in [0.4, 0.5) is 17.1 Å². The van der Waals surface area contributed by atoms with Crippen molar-refractivity contribution in [1.82, 2.24) is 4.98 Å². The minimum Gasteiger partial charge on any atom is -0.452 e. The number of thiophene rings is 1. The van der Waals surface area contributed by atoms with E-state index in [1.807, 2.05) is 17.5 Å². The van der Waals surface area contributed by atoms with Crippen LogP contribution in [0.2, 0.25) is 0 Å². The van der Waals surface area contributed by atoms with E-state index in [1.165, 1.54) is 36.7 Å². The van der Waals surface area contributed by atoms with Crippen molar-refractivity contribution in [3.63, 3.8) is 0 Å². The summed E-state index contributed by atoms with van der Waals surface area (Å²) in [6, 6.07) is 49.4. The Balaban J connectivity index is 1.29. The van der Waals surface area contributed by atoms with Gasteiger partial charge in [-0.1, -0.05) is 97.1 Å². The molecule has 3 nitrogen and oxygen atoms in total. The van der Waals surface area contributed by atoms with E-state index in [9.17, 15) is 0 Å². The second kappa shape index (κ2) is 9.55. The molecule has 3 heterocycles. The Morgan fingerprint density at radius 1 is 0.558 bits per heavy atom. The molecule has 3 aromatic heterocycles. The molecule has 0 aliphatic rings. The van der Waals surface area contributed by atoms with Gasteiger partial charge < -0.3 is 9.32 Å². The van der Waals surface area contributed by atoms with Crippen LogP contribution in [0.3, 0.4) is 0 Å². The summed E-state index contributed by atoms with van der Waals surface area (Å²) in [7, 11) is 0. The van der Waals surface area contributed by atoms with Crippen molar-refractivity contribution in [2.24, 2.45) is 0 Å². The molecule has 0 aliphatic heterocycles. The van der Waals surface area contributed by atoms with Gasteiger partial charge >= 0.3 is 0 Å². The Morgan fingerprint density at radius 3 is 2.16 bits per heavy atom. The molecule has 0 radical (unpaired) electrons. The van der Waals surface area contributed by atoms with Gasteiger partial charge in [-0.15, -0.1) is 11.3 Å². The number of hydrogen-bond donors (Lipinski definition) is 0. The van der Waals surface area contributed by atoms with E-state index in [2.05, 4.69) is 144 Å². The number of pyridine rings is 1. The maximum Gasteiger partial charge on any atom is 0.177 e. The number of furan rings is 1. The SMILES string of the molecule is c1ccc(-c2ccc(N(c3ccc4c(c3)sc3ccccc34)c3ccnc4c3oc3ccc5ccccc5c34)cc2)cc1. The van der Waals surface area contributed by atoms with E-state index in [0.717, 1.165) is 44.5 Å². The summed E-state index contributed by atoms with van der Waals surface area (Å²) in [4.78, 5) is 7.16. The van der Waals surface area contributed by atoms with Crippen molar-refractivity contribution in [3.05, 3.63) is 146 Å². The lowest BCUT2D eigenvalue weighted by Gasteiger charge is -2.25. The first-order chi connectivity index (χ1) is 21.3. The molecule has 0 saturated carbocycles. The lowest BCUT2D eigenvalue weighted by Crippen LogP contribution is -2.10. The van der Waals surface area contributed by atoms with E-state index in [0.29, 0.717) is 0 Å². The number of aromatic nitrogens is 1. The highest BCUT2D eigenvalue weighted by Gasteiger charge is 2.22. The van der Waals surface area contributed by atoms with Crippen molar-refractivity contribution in [1.29, 1.82) is 0 Å². The molecule has 0 N–H and O–H groups in total. The molecular weight excluding hydrogens is 545 g/mol. The second-order valence-corrected chi connectivity index (χ2v) is 11.9. The first-order valence-corrected chi connectivity index (χ1v) is 15.2. The molecule has 0 saturated heterocycles. The van der Waals surface area contributed by atoms with Crippen molar-refractivity contribution < 1.29 is 4.42 Å². The van der Waals surface area contributed by atoms with E-state index in [1.54, 1.807) is 0 Å². The van der Waals surface area contributed by atoms with Crippen molar-refractivity contribution in [2.45, 2.75) is 0 Å². The van der Waals surface area contributed by atoms with Crippen LogP contribution in [0.15, 0.2) is 150 Å². The summed E-state index contributed by atoms with van der Waals surface area (Å²) in [6.07, 6.45) is 1.90. The van der Waals surface area contributed by atoms with Crippen LogP contribution in [-0.2, 0) is 0 Å². The molecule has 0 spiro atoms. The molecule has 6 aromatic carbocycles. The summed E-state index contributed by atoms with van der Waals surface area (Å²) in [5.74, 6) is 0. The predicted molar refractivity (Wildman–Crippen MR) is 182 cm³/mol. The van der Waals surface area contributed by atoms with Gasteiger partial charge in [0.05, 0.1) is 11.1 Å². The highest BCUT2D eigenvalue weighted by Crippen LogP contribution is 2.45. The van der Waals surface area contributed by atoms with E-state index >= 15 is 0 Å². The van der Waals surface area contributed by atoms with Gasteiger partial charge in [0, 0.05) is 37.7 Å². The number of anilines is 3. The van der Waals surface area contributed by atoms with Crippen LogP contribution in [0.1, 0.15) is 0 Å². The zero-order valence-electron chi connectivity index (χ0n) is 23.1. The van der Waals surface area contributed by atoms with Gasteiger partial charge in [0.2, 0.25) is 0 Å². The highest BCUT2D eigenvalue weighted by atomic mass is 32.1. The topological polar surface area (TPSA) is 29.3 Å². The highest BCUT2D eigenvalue weighted by molar-refractivity contribution is 7.25. The Bertz CT molecular complexity index is 2460. The molecule has 202 valence electrons. The van der Waals surface area contributed by atoms with Crippen LogP contribution >= 0.6 is 11.3 Å². The van der Waals surface area contributed by atoms with Crippen molar-refractivity contribution in [2.75, 3.05) is 4.90 Å². The van der Waals surface area contributed by atoms with Crippen LogP contribution in [0, 0.1) is 0 Å². The minimum absolute atomic E-state index is 0.775. The molecule has 0 fully saturated rings. The van der Waals surface area contributed by atoms with E-state index in [-0.39, 0.29) is 0 Å². The Kier molecular flexibility index (Phi) is 5.37. The summed E-state index contributed by atoms with van der Waals surface area (Å²) in [5.41, 5.74) is 7.95. The molecule has 0 aliphatic carbocycles. The fourth-order valence-corrected chi connectivity index (χ4v) is 7.44. The van der Waals surface area contributed by atoms with E-state index in [4.69, 9.17) is 9.40 Å². The molecule has 43 heavy (non-hydrogen) atoms. The van der Waals surface area contributed by atoms with Gasteiger partial charge in [0.1, 0.15) is 11.1 Å². The molecule has 9 aromatic rings. The summed E-state index contributed by atoms with van der Waals surface area (Å²) >= 11 is 1.83. The average Bonchev–Trinajstić information content (AvgIpc) is 3.64. The van der Waals surface area contributed by atoms with Crippen LogP contribution < -0.4 is 4.90 Å². The smallest absolute Gasteiger partial charge is 0.177 e. The normalized spacial score (nSPS) is 11.7. The summed E-state index contributed by atoms with van der Waals surface area (Å²) < 4.78 is 9.19. The fraction of sp³-hybridized carbons (Fsp3) is 0. The van der Waals surface area contributed by atoms with Crippen molar-refractivity contribution in [3.8, 4) is 11.1 Å². The van der Waals surface area contributed by atoms with Gasteiger partial charge in [-0.05, 0) is 64.4 Å². The largest absolute Gasteiger partial charge is 0.452 e. The molecular formula is C39H24N2OS. The average molecular weight is 569 g/mol. The van der Waals surface area contributed by atoms with Gasteiger partial charge in [-0.2, -0.15) is 0 Å². The number of fused-ring (bicyclic) bond motifs is 8. The number of nitrogens with zero attached hydrogens (tertiary/aromatic N) is 2. The van der Waals surface area contributed by atoms with Gasteiger partial charge in [-0.25, -0.2) is 0 Å². The molecule has 9 rings (SSSR count). The number of benzene rings is 6. The van der Waals surface area contributed by atoms with Crippen molar-refractivity contribution >= 4 is 81.4 Å². The second-order valence-electron chi connectivity index (χ2n) is 10.8. The minimum atomic E-state index is 0.775. The quantitative estimate of drug-likeness (QED) is 0.211. The summed E-state index contributed by atoms with van der Waals surface area (Å²) in [5, 5.41) is 5.94. The lowest BCUT2D eigenvalue weighted by molar-refractivity contribution is 0.668. The first-order valence-electron chi connectivity index (χ1n) is 14.4. The van der Waals surface area contributed by atoms with Gasteiger partial charge in [-0.3, -0.25) is 4.98 Å². The molecule has 4 heteroatoms. The Morgan fingerprint density at radius 2 is 1.28 bits per heavy atom. The van der Waals surface area contributed by atoms with E-state index < -0.39 is 0 Å². The van der Waals surface area contributed by atoms with Crippen LogP contribution in [0.5, 0.6) is 0 Å². The zero-order chi connectivity index (χ0) is 28.3. The maximum absolute atomic E-state index is 6.64. The maximum atomic E-state index is 6.64. The Hall–Kier alpha value is -5.45. The van der Waals surface area contributed by atoms with Crippen LogP contribution in [-0.4, -0.2) is 4.98 Å². The third kappa shape index (κ3) is 3.84.